The first kappa shape index (κ1) is 28.5. The molecule has 1 fully saturated rings. The molecule has 3 nitrogen and oxygen atoms in total. The van der Waals surface area contributed by atoms with Gasteiger partial charge in [0.05, 0.1) is 0 Å². The minimum absolute atomic E-state index is 0.525. The summed E-state index contributed by atoms with van der Waals surface area (Å²) < 4.78 is 8.90. The van der Waals surface area contributed by atoms with E-state index < -0.39 is 0 Å². The Labute approximate surface area is 193 Å². The van der Waals surface area contributed by atoms with Crippen LogP contribution in [0.4, 0.5) is 0 Å². The number of benzene rings is 2. The second-order valence-corrected chi connectivity index (χ2v) is 8.05. The van der Waals surface area contributed by atoms with Crippen LogP contribution in [0.3, 0.4) is 0 Å². The molecule has 0 aromatic heterocycles. The largest absolute Gasteiger partial charge is 0.489 e. The monoisotopic (exact) mass is 439 g/mol. The number of hydrogen-bond donors (Lipinski definition) is 1. The smallest absolute Gasteiger partial charge is 0.121 e. The second kappa shape index (κ2) is 19.5. The maximum Gasteiger partial charge on any atom is 0.121 e. The zero-order valence-electron chi connectivity index (χ0n) is 19.1. The molecule has 2 atom stereocenters. The molecule has 2 aromatic carbocycles. The Kier molecular flexibility index (Phi) is 17.9. The van der Waals surface area contributed by atoms with Crippen LogP contribution in [0.5, 0.6) is 5.75 Å². The van der Waals surface area contributed by atoms with Crippen LogP contribution in [0.1, 0.15) is 45.6 Å². The number of allylic oxidation sites excluding steroid dienone is 1. The number of hydrogen-bond acceptors (Lipinski definition) is 4. The third-order valence-electron chi connectivity index (χ3n) is 4.41. The summed E-state index contributed by atoms with van der Waals surface area (Å²) in [6.07, 6.45) is 13.9. The van der Waals surface area contributed by atoms with Gasteiger partial charge in [-0.05, 0) is 60.4 Å². The first-order valence-corrected chi connectivity index (χ1v) is 11.5. The van der Waals surface area contributed by atoms with E-state index in [9.17, 15) is 4.79 Å². The highest BCUT2D eigenvalue weighted by atomic mass is 32.2. The van der Waals surface area contributed by atoms with Gasteiger partial charge in [0.2, 0.25) is 0 Å². The molecule has 0 aliphatic heterocycles. The highest BCUT2D eigenvalue weighted by Crippen LogP contribution is 2.36. The Hall–Kier alpha value is -2.48. The highest BCUT2D eigenvalue weighted by Gasteiger charge is 2.26. The fourth-order valence-corrected chi connectivity index (χ4v) is 2.84. The molecule has 1 aliphatic carbocycles. The van der Waals surface area contributed by atoms with E-state index in [1.165, 1.54) is 18.4 Å². The standard InChI is InChI=1S/C16H17NO2S.C5H10.C4H8.C2H2/c18-11-5-10-17-20-16-9-4-8-15(12-16)19-13-14-6-2-1-3-7-14;1-4-3-5(4)2;1-3-4-2;1-2/h1-4,6-9,11-12,17H,5,10,13H2;4-5H,3H2,1-2H3;3H,1,4H2,2H3;1-2H. The van der Waals surface area contributed by atoms with Crippen LogP contribution in [0.15, 0.2) is 72.1 Å². The number of nitrogens with one attached hydrogen (secondary N) is 1. The lowest BCUT2D eigenvalue weighted by molar-refractivity contribution is -0.107. The molecule has 0 bridgehead atoms. The number of aldehydes is 1. The zero-order chi connectivity index (χ0) is 23.3. The number of terminal acetylenes is 1. The van der Waals surface area contributed by atoms with Crippen molar-refractivity contribution >= 4 is 18.2 Å². The van der Waals surface area contributed by atoms with Crippen LogP contribution in [-0.4, -0.2) is 12.8 Å². The highest BCUT2D eigenvalue weighted by molar-refractivity contribution is 7.97. The molecule has 168 valence electrons. The van der Waals surface area contributed by atoms with Gasteiger partial charge in [-0.3, -0.25) is 4.72 Å². The third kappa shape index (κ3) is 16.0. The molecular weight excluding hydrogens is 402 g/mol. The summed E-state index contributed by atoms with van der Waals surface area (Å²) in [6.45, 7) is 11.4. The topological polar surface area (TPSA) is 38.3 Å². The zero-order valence-corrected chi connectivity index (χ0v) is 19.9. The number of carbonyl (C=O) groups excluding carboxylic acids is 1. The fourth-order valence-electron chi connectivity index (χ4n) is 2.13. The fraction of sp³-hybridized carbons (Fsp3) is 0.370. The molecular formula is C27H37NO2S. The maximum atomic E-state index is 10.2. The summed E-state index contributed by atoms with van der Waals surface area (Å²) in [5, 5.41) is 0. The van der Waals surface area contributed by atoms with Crippen LogP contribution in [0.25, 0.3) is 0 Å². The average Bonchev–Trinajstić information content (AvgIpc) is 3.49. The Balaban J connectivity index is 0.000000674. The average molecular weight is 440 g/mol. The van der Waals surface area contributed by atoms with Gasteiger partial charge < -0.3 is 9.53 Å². The van der Waals surface area contributed by atoms with Gasteiger partial charge in [-0.2, -0.15) is 0 Å². The van der Waals surface area contributed by atoms with Gasteiger partial charge in [-0.25, -0.2) is 0 Å². The van der Waals surface area contributed by atoms with Gasteiger partial charge in [-0.1, -0.05) is 63.2 Å². The first-order chi connectivity index (χ1) is 15.1. The maximum absolute atomic E-state index is 10.2. The van der Waals surface area contributed by atoms with Gasteiger partial charge in [0.1, 0.15) is 18.6 Å². The molecule has 31 heavy (non-hydrogen) atoms. The lowest BCUT2D eigenvalue weighted by Gasteiger charge is -2.08. The van der Waals surface area contributed by atoms with Crippen molar-refractivity contribution in [3.8, 4) is 18.6 Å². The normalized spacial score (nSPS) is 15.4. The minimum Gasteiger partial charge on any atom is -0.489 e. The quantitative estimate of drug-likeness (QED) is 0.151. The molecule has 1 aliphatic rings. The van der Waals surface area contributed by atoms with E-state index in [1.54, 1.807) is 0 Å². The van der Waals surface area contributed by atoms with Gasteiger partial charge in [0, 0.05) is 17.9 Å². The second-order valence-electron chi connectivity index (χ2n) is 7.09. The van der Waals surface area contributed by atoms with E-state index in [-0.39, 0.29) is 0 Å². The number of rotatable bonds is 9. The summed E-state index contributed by atoms with van der Waals surface area (Å²) >= 11 is 1.51. The van der Waals surface area contributed by atoms with Crippen LogP contribution in [-0.2, 0) is 11.4 Å². The third-order valence-corrected chi connectivity index (χ3v) is 5.25. The molecule has 2 aromatic rings. The predicted molar refractivity (Wildman–Crippen MR) is 135 cm³/mol. The molecule has 0 spiro atoms. The van der Waals surface area contributed by atoms with Gasteiger partial charge in [-0.15, -0.1) is 19.4 Å². The van der Waals surface area contributed by atoms with E-state index in [4.69, 9.17) is 4.74 Å². The van der Waals surface area contributed by atoms with E-state index in [0.717, 1.165) is 40.8 Å². The molecule has 2 unspecified atom stereocenters. The van der Waals surface area contributed by atoms with Crippen LogP contribution < -0.4 is 9.46 Å². The van der Waals surface area contributed by atoms with E-state index in [0.29, 0.717) is 19.6 Å². The van der Waals surface area contributed by atoms with Crippen molar-refractivity contribution in [3.63, 3.8) is 0 Å². The van der Waals surface area contributed by atoms with Crippen LogP contribution >= 0.6 is 11.9 Å². The summed E-state index contributed by atoms with van der Waals surface area (Å²) in [5.74, 6) is 2.95. The van der Waals surface area contributed by atoms with Gasteiger partial charge in [0.25, 0.3) is 0 Å². The minimum atomic E-state index is 0.525. The summed E-state index contributed by atoms with van der Waals surface area (Å²) in [5.41, 5.74) is 1.15. The van der Waals surface area contributed by atoms with Crippen molar-refractivity contribution in [1.82, 2.24) is 4.72 Å². The molecule has 0 heterocycles. The van der Waals surface area contributed by atoms with Crippen molar-refractivity contribution in [2.45, 2.75) is 51.5 Å². The van der Waals surface area contributed by atoms with Crippen molar-refractivity contribution in [2.24, 2.45) is 11.8 Å². The summed E-state index contributed by atoms with van der Waals surface area (Å²) in [7, 11) is 0. The van der Waals surface area contributed by atoms with Crippen molar-refractivity contribution in [1.29, 1.82) is 0 Å². The van der Waals surface area contributed by atoms with Crippen LogP contribution in [0.2, 0.25) is 0 Å². The SMILES string of the molecule is C#C.C=CCC.CC1CC1C.O=CCCNSc1cccc(OCc2ccccc2)c1. The molecule has 1 N–H and O–H groups in total. The van der Waals surface area contributed by atoms with E-state index >= 15 is 0 Å². The molecule has 0 radical (unpaired) electrons. The van der Waals surface area contributed by atoms with Crippen molar-refractivity contribution in [3.05, 3.63) is 72.8 Å². The molecule has 3 rings (SSSR count). The Morgan fingerprint density at radius 2 is 1.74 bits per heavy atom. The molecule has 0 amide bonds. The molecule has 1 saturated carbocycles. The van der Waals surface area contributed by atoms with Gasteiger partial charge in [0.15, 0.2) is 0 Å². The molecule has 0 saturated heterocycles. The summed E-state index contributed by atoms with van der Waals surface area (Å²) in [4.78, 5) is 11.3. The number of ether oxygens (including phenoxy) is 1. The van der Waals surface area contributed by atoms with Gasteiger partial charge >= 0.3 is 0 Å². The Morgan fingerprint density at radius 3 is 2.26 bits per heavy atom. The molecule has 4 heteroatoms. The lowest BCUT2D eigenvalue weighted by Crippen LogP contribution is -2.05. The number of carbonyl (C=O) groups is 1. The van der Waals surface area contributed by atoms with Crippen LogP contribution in [0, 0.1) is 24.7 Å². The first-order valence-electron chi connectivity index (χ1n) is 10.6. The summed E-state index contributed by atoms with van der Waals surface area (Å²) in [6, 6.07) is 18.0. The Bertz CT molecular complexity index is 724. The van der Waals surface area contributed by atoms with E-state index in [1.807, 2.05) is 60.7 Å². The van der Waals surface area contributed by atoms with Crippen molar-refractivity contribution < 1.29 is 9.53 Å². The van der Waals surface area contributed by atoms with E-state index in [2.05, 4.69) is 44.9 Å². The van der Waals surface area contributed by atoms with Crippen molar-refractivity contribution in [2.75, 3.05) is 6.54 Å². The predicted octanol–water partition coefficient (Wildman–Crippen LogP) is 6.95. The lowest BCUT2D eigenvalue weighted by atomic mass is 10.2. The Morgan fingerprint density at radius 1 is 1.13 bits per heavy atom.